The molecule has 2 aliphatic rings. The molecule has 4 rings (SSSR count). The van der Waals surface area contributed by atoms with Gasteiger partial charge in [0.15, 0.2) is 5.75 Å². The maximum Gasteiger partial charge on any atom is 0.410 e. The predicted octanol–water partition coefficient (Wildman–Crippen LogP) is 4.78. The van der Waals surface area contributed by atoms with Gasteiger partial charge in [0.05, 0.1) is 28.5 Å². The number of anilines is 1. The number of halogens is 2. The van der Waals surface area contributed by atoms with Crippen LogP contribution < -0.4 is 9.64 Å². The molecule has 0 unspecified atom stereocenters. The Morgan fingerprint density at radius 2 is 2.14 bits per heavy atom. The quantitative estimate of drug-likeness (QED) is 0.557. The van der Waals surface area contributed by atoms with Crippen molar-refractivity contribution in [3.05, 3.63) is 27.3 Å². The third kappa shape index (κ3) is 3.39. The Morgan fingerprint density at radius 3 is 2.86 bits per heavy atom. The highest BCUT2D eigenvalue weighted by Gasteiger charge is 2.37. The van der Waals surface area contributed by atoms with Crippen LogP contribution in [0.4, 0.5) is 10.5 Å². The Labute approximate surface area is 177 Å². The van der Waals surface area contributed by atoms with Gasteiger partial charge in [0.2, 0.25) is 0 Å². The molecule has 0 bridgehead atoms. The van der Waals surface area contributed by atoms with E-state index in [9.17, 15) is 4.79 Å². The summed E-state index contributed by atoms with van der Waals surface area (Å²) in [5.41, 5.74) is 2.39. The van der Waals surface area contributed by atoms with Crippen LogP contribution in [0.5, 0.6) is 5.75 Å². The zero-order valence-electron chi connectivity index (χ0n) is 16.4. The molecule has 1 fully saturated rings. The first kappa shape index (κ1) is 19.6. The molecule has 0 N–H and O–H groups in total. The number of carbonyl (C=O) groups excluding carboxylic acids is 1. The van der Waals surface area contributed by atoms with E-state index in [1.807, 2.05) is 33.8 Å². The highest BCUT2D eigenvalue weighted by atomic mass is 79.9. The van der Waals surface area contributed by atoms with Crippen molar-refractivity contribution in [1.82, 2.24) is 9.88 Å². The van der Waals surface area contributed by atoms with E-state index in [0.717, 1.165) is 32.4 Å². The Kier molecular flexibility index (Phi) is 4.86. The monoisotopic (exact) mass is 467 g/mol. The van der Waals surface area contributed by atoms with Crippen molar-refractivity contribution in [2.24, 2.45) is 0 Å². The molecule has 150 valence electrons. The minimum absolute atomic E-state index is 0.0575. The van der Waals surface area contributed by atoms with Crippen LogP contribution >= 0.6 is 27.5 Å². The molecule has 0 spiro atoms. The van der Waals surface area contributed by atoms with Gasteiger partial charge in [0.25, 0.3) is 0 Å². The molecule has 2 aliphatic heterocycles. The van der Waals surface area contributed by atoms with E-state index in [-0.39, 0.29) is 12.1 Å². The Balaban J connectivity index is 1.68. The van der Waals surface area contributed by atoms with Gasteiger partial charge < -0.3 is 19.3 Å². The first-order chi connectivity index (χ1) is 13.2. The molecule has 1 aromatic carbocycles. The van der Waals surface area contributed by atoms with E-state index in [1.54, 1.807) is 11.1 Å². The van der Waals surface area contributed by atoms with E-state index >= 15 is 0 Å². The normalized spacial score (nSPS) is 19.1. The van der Waals surface area contributed by atoms with Crippen LogP contribution in [0.15, 0.2) is 16.7 Å². The third-order valence-corrected chi connectivity index (χ3v) is 6.62. The van der Waals surface area contributed by atoms with Gasteiger partial charge in [-0.05, 0) is 55.3 Å². The molecule has 0 saturated carbocycles. The van der Waals surface area contributed by atoms with Gasteiger partial charge in [0.1, 0.15) is 12.2 Å². The number of pyridine rings is 1. The number of nitrogens with zero attached hydrogens (tertiary/aromatic N) is 3. The minimum atomic E-state index is -0.507. The Morgan fingerprint density at radius 1 is 1.39 bits per heavy atom. The van der Waals surface area contributed by atoms with Gasteiger partial charge >= 0.3 is 6.09 Å². The second kappa shape index (κ2) is 6.95. The van der Waals surface area contributed by atoms with Crippen molar-refractivity contribution in [3.63, 3.8) is 0 Å². The molecule has 2 aromatic rings. The summed E-state index contributed by atoms with van der Waals surface area (Å²) in [6.07, 6.45) is 1.50. The average Bonchev–Trinajstić information content (AvgIpc) is 2.63. The van der Waals surface area contributed by atoms with Gasteiger partial charge in [-0.3, -0.25) is 4.98 Å². The lowest BCUT2D eigenvalue weighted by molar-refractivity contribution is 0.0195. The number of fused-ring (bicyclic) bond motifs is 5. The van der Waals surface area contributed by atoms with Gasteiger partial charge in [-0.25, -0.2) is 4.79 Å². The minimum Gasteiger partial charge on any atom is -0.488 e. The fourth-order valence-electron chi connectivity index (χ4n) is 3.78. The standard InChI is InChI=1S/C20H23BrClN3O3/c1-11-16(21)14(22)7-13-17(11)23-8-15-18(13)25-6-5-24(9-12(25)10-27-15)19(26)28-20(2,3)4/h7-8,12H,5-6,9-10H2,1-4H3/t12-/m1/s1. The highest BCUT2D eigenvalue weighted by Crippen LogP contribution is 2.43. The lowest BCUT2D eigenvalue weighted by Gasteiger charge is -2.45. The number of hydrogen-bond acceptors (Lipinski definition) is 5. The SMILES string of the molecule is Cc1c(Br)c(Cl)cc2c3c(cnc12)OC[C@H]1CN(C(=O)OC(C)(C)C)CCN31. The number of hydrogen-bond donors (Lipinski definition) is 0. The average molecular weight is 469 g/mol. The molecular weight excluding hydrogens is 446 g/mol. The third-order valence-electron chi connectivity index (χ3n) is 5.07. The van der Waals surface area contributed by atoms with Crippen LogP contribution in [0.1, 0.15) is 26.3 Å². The second-order valence-corrected chi connectivity index (χ2v) is 9.45. The lowest BCUT2D eigenvalue weighted by atomic mass is 10.0. The predicted molar refractivity (Wildman–Crippen MR) is 114 cm³/mol. The van der Waals surface area contributed by atoms with Crippen LogP contribution in [0, 0.1) is 6.92 Å². The second-order valence-electron chi connectivity index (χ2n) is 8.25. The fraction of sp³-hybridized carbons (Fsp3) is 0.500. The van der Waals surface area contributed by atoms with Crippen molar-refractivity contribution in [3.8, 4) is 5.75 Å². The maximum absolute atomic E-state index is 12.5. The number of piperazine rings is 1. The number of amides is 1. The van der Waals surface area contributed by atoms with Crippen molar-refractivity contribution in [2.75, 3.05) is 31.1 Å². The van der Waals surface area contributed by atoms with Crippen molar-refractivity contribution < 1.29 is 14.3 Å². The topological polar surface area (TPSA) is 54.9 Å². The lowest BCUT2D eigenvalue weighted by Crippen LogP contribution is -2.59. The summed E-state index contributed by atoms with van der Waals surface area (Å²) in [5.74, 6) is 0.757. The Bertz CT molecular complexity index is 960. The van der Waals surface area contributed by atoms with E-state index in [2.05, 4.69) is 25.8 Å². The number of aryl methyl sites for hydroxylation is 1. The van der Waals surface area contributed by atoms with Crippen LogP contribution in [-0.2, 0) is 4.74 Å². The molecule has 1 amide bonds. The fourth-order valence-corrected chi connectivity index (χ4v) is 4.33. The number of carbonyl (C=O) groups is 1. The first-order valence-electron chi connectivity index (χ1n) is 9.30. The van der Waals surface area contributed by atoms with Crippen LogP contribution in [-0.4, -0.2) is 53.9 Å². The summed E-state index contributed by atoms with van der Waals surface area (Å²) in [6.45, 7) is 9.99. The maximum atomic E-state index is 12.5. The molecule has 0 aliphatic carbocycles. The first-order valence-corrected chi connectivity index (χ1v) is 10.5. The van der Waals surface area contributed by atoms with Gasteiger partial charge in [0, 0.05) is 29.5 Å². The summed E-state index contributed by atoms with van der Waals surface area (Å²) in [4.78, 5) is 21.2. The van der Waals surface area contributed by atoms with Crippen LogP contribution in [0.2, 0.25) is 5.02 Å². The van der Waals surface area contributed by atoms with E-state index in [1.165, 1.54) is 0 Å². The molecule has 1 atom stereocenters. The number of aromatic nitrogens is 1. The van der Waals surface area contributed by atoms with Gasteiger partial charge in [-0.1, -0.05) is 11.6 Å². The summed E-state index contributed by atoms with van der Waals surface area (Å²) >= 11 is 9.97. The van der Waals surface area contributed by atoms with E-state index in [0.29, 0.717) is 31.3 Å². The zero-order valence-corrected chi connectivity index (χ0v) is 18.7. The van der Waals surface area contributed by atoms with Crippen LogP contribution in [0.25, 0.3) is 10.9 Å². The van der Waals surface area contributed by atoms with Crippen molar-refractivity contribution >= 4 is 50.2 Å². The summed E-state index contributed by atoms with van der Waals surface area (Å²) in [6, 6.07) is 1.99. The summed E-state index contributed by atoms with van der Waals surface area (Å²) in [5, 5.41) is 1.62. The van der Waals surface area contributed by atoms with Gasteiger partial charge in [-0.15, -0.1) is 0 Å². The molecule has 1 saturated heterocycles. The number of benzene rings is 1. The molecule has 6 nitrogen and oxygen atoms in total. The molecule has 1 aromatic heterocycles. The largest absolute Gasteiger partial charge is 0.488 e. The van der Waals surface area contributed by atoms with E-state index in [4.69, 9.17) is 21.1 Å². The smallest absolute Gasteiger partial charge is 0.410 e. The van der Waals surface area contributed by atoms with Gasteiger partial charge in [-0.2, -0.15) is 0 Å². The van der Waals surface area contributed by atoms with Crippen LogP contribution in [0.3, 0.4) is 0 Å². The molecule has 8 heteroatoms. The molecule has 3 heterocycles. The Hall–Kier alpha value is -1.73. The molecule has 0 radical (unpaired) electrons. The summed E-state index contributed by atoms with van der Waals surface area (Å²) < 4.78 is 12.4. The van der Waals surface area contributed by atoms with Crippen molar-refractivity contribution in [1.29, 1.82) is 0 Å². The summed E-state index contributed by atoms with van der Waals surface area (Å²) in [7, 11) is 0. The molecular formula is C20H23BrClN3O3. The van der Waals surface area contributed by atoms with E-state index < -0.39 is 5.60 Å². The van der Waals surface area contributed by atoms with Crippen molar-refractivity contribution in [2.45, 2.75) is 39.3 Å². The highest BCUT2D eigenvalue weighted by molar-refractivity contribution is 9.10. The zero-order chi connectivity index (χ0) is 20.2. The number of rotatable bonds is 0. The molecule has 28 heavy (non-hydrogen) atoms. The number of ether oxygens (including phenoxy) is 2.